The van der Waals surface area contributed by atoms with Gasteiger partial charge < -0.3 is 34.6 Å². The highest BCUT2D eigenvalue weighted by Crippen LogP contribution is 2.51. The molecule has 0 aliphatic rings. The number of fused-ring (bicyclic) bond motifs is 4. The molecule has 0 atom stereocenters. The Morgan fingerprint density at radius 2 is 0.636 bits per heavy atom. The van der Waals surface area contributed by atoms with Crippen LogP contribution >= 0.6 is 0 Å². The van der Waals surface area contributed by atoms with Crippen molar-refractivity contribution in [1.29, 1.82) is 0 Å². The van der Waals surface area contributed by atoms with E-state index < -0.39 is 0 Å². The minimum atomic E-state index is -0.102. The molecule has 0 saturated heterocycles. The number of aliphatic hydroxyl groups excluding tert-OH is 4. The molecule has 0 aliphatic carbocycles. The van der Waals surface area contributed by atoms with E-state index in [0.29, 0.717) is 60.2 Å². The lowest BCUT2D eigenvalue weighted by molar-refractivity contribution is 0.299. The van der Waals surface area contributed by atoms with Gasteiger partial charge in [0.2, 0.25) is 0 Å². The normalized spacial score (nSPS) is 11.5. The van der Waals surface area contributed by atoms with E-state index in [2.05, 4.69) is 12.1 Å². The Morgan fingerprint density at radius 3 is 1.00 bits per heavy atom. The molecule has 276 valence electrons. The summed E-state index contributed by atoms with van der Waals surface area (Å²) in [5.74, 6) is 2.97. The number of aliphatic hydroxyl groups is 4. The third-order valence-electron chi connectivity index (χ3n) is 10.2. The van der Waals surface area contributed by atoms with E-state index in [1.807, 2.05) is 121 Å². The van der Waals surface area contributed by atoms with E-state index in [1.54, 1.807) is 0 Å². The summed E-state index contributed by atoms with van der Waals surface area (Å²) in [6.07, 6.45) is 1.49. The van der Waals surface area contributed by atoms with Crippen molar-refractivity contribution >= 4 is 43.1 Å². The van der Waals surface area contributed by atoms with Crippen molar-refractivity contribution in [2.75, 3.05) is 26.4 Å². The van der Waals surface area contributed by atoms with Crippen molar-refractivity contribution in [1.82, 2.24) is 0 Å². The zero-order chi connectivity index (χ0) is 37.7. The van der Waals surface area contributed by atoms with Gasteiger partial charge in [-0.1, -0.05) is 97.1 Å². The molecule has 0 heterocycles. The highest BCUT2D eigenvalue weighted by molar-refractivity contribution is 6.11. The smallest absolute Gasteiger partial charge is 0.178 e. The van der Waals surface area contributed by atoms with Crippen LogP contribution in [0.4, 0.5) is 0 Å². The minimum Gasteiger partial charge on any atom is -0.453 e. The van der Waals surface area contributed by atoms with Gasteiger partial charge in [0.15, 0.2) is 23.0 Å². The standard InChI is InChI=1S/C48H42O7/c49-27-23-37-33-15-7-9-17-35(33)41(25-29-51)45-39(37)19-21-43(53-31-11-3-1-4-12-31)47(45)55-48-44(54-32-13-5-2-6-14-32)22-20-40-38(24-28-50)34-16-8-10-18-36(34)42(26-30-52)46(40)48/h1-22,49-52H,23-30H2. The highest BCUT2D eigenvalue weighted by atomic mass is 16.5. The maximum absolute atomic E-state index is 10.5. The zero-order valence-electron chi connectivity index (χ0n) is 30.4. The van der Waals surface area contributed by atoms with Crippen LogP contribution < -0.4 is 14.2 Å². The largest absolute Gasteiger partial charge is 0.453 e. The summed E-state index contributed by atoms with van der Waals surface area (Å²) < 4.78 is 20.7. The molecule has 0 aliphatic heterocycles. The van der Waals surface area contributed by atoms with Crippen LogP contribution in [-0.2, 0) is 25.7 Å². The second-order valence-corrected chi connectivity index (χ2v) is 13.5. The molecule has 0 unspecified atom stereocenters. The van der Waals surface area contributed by atoms with Gasteiger partial charge in [-0.05, 0) is 117 Å². The lowest BCUT2D eigenvalue weighted by Gasteiger charge is -2.24. The van der Waals surface area contributed by atoms with Crippen molar-refractivity contribution in [2.45, 2.75) is 25.7 Å². The predicted molar refractivity (Wildman–Crippen MR) is 219 cm³/mol. The topological polar surface area (TPSA) is 109 Å². The number of hydrogen-bond donors (Lipinski definition) is 4. The first kappa shape index (κ1) is 36.0. The van der Waals surface area contributed by atoms with Crippen molar-refractivity contribution in [2.24, 2.45) is 0 Å². The highest BCUT2D eigenvalue weighted by Gasteiger charge is 2.26. The molecule has 7 heteroatoms. The van der Waals surface area contributed by atoms with Gasteiger partial charge in [-0.2, -0.15) is 0 Å². The first-order chi connectivity index (χ1) is 27.1. The first-order valence-electron chi connectivity index (χ1n) is 18.7. The lowest BCUT2D eigenvalue weighted by Crippen LogP contribution is -2.05. The summed E-state index contributed by atoms with van der Waals surface area (Å²) in [6.45, 7) is -0.314. The van der Waals surface area contributed by atoms with Crippen LogP contribution in [0.3, 0.4) is 0 Å². The third kappa shape index (κ3) is 6.84. The molecule has 0 spiro atoms. The van der Waals surface area contributed by atoms with E-state index in [0.717, 1.165) is 65.3 Å². The molecule has 0 bridgehead atoms. The molecule has 8 aromatic rings. The van der Waals surface area contributed by atoms with Gasteiger partial charge in [0, 0.05) is 37.2 Å². The fourth-order valence-electron chi connectivity index (χ4n) is 8.01. The van der Waals surface area contributed by atoms with Crippen molar-refractivity contribution < 1.29 is 34.6 Å². The summed E-state index contributed by atoms with van der Waals surface area (Å²) in [4.78, 5) is 0. The number of rotatable bonds is 14. The Labute approximate surface area is 319 Å². The monoisotopic (exact) mass is 730 g/mol. The number of ether oxygens (including phenoxy) is 3. The molecule has 7 nitrogen and oxygen atoms in total. The molecule has 0 saturated carbocycles. The Morgan fingerprint density at radius 1 is 0.309 bits per heavy atom. The van der Waals surface area contributed by atoms with Crippen LogP contribution in [0.1, 0.15) is 22.3 Å². The number of benzene rings is 8. The van der Waals surface area contributed by atoms with E-state index in [9.17, 15) is 20.4 Å². The molecule has 0 fully saturated rings. The Kier molecular flexibility index (Phi) is 10.6. The summed E-state index contributed by atoms with van der Waals surface area (Å²) in [6, 6.07) is 43.0. The Bertz CT molecular complexity index is 2440. The van der Waals surface area contributed by atoms with Crippen molar-refractivity contribution in [3.8, 4) is 34.5 Å². The average Bonchev–Trinajstić information content (AvgIpc) is 3.22. The van der Waals surface area contributed by atoms with E-state index in [4.69, 9.17) is 14.2 Å². The fraction of sp³-hybridized carbons (Fsp3) is 0.167. The summed E-state index contributed by atoms with van der Waals surface area (Å²) in [5, 5.41) is 48.9. The van der Waals surface area contributed by atoms with Crippen LogP contribution in [0.15, 0.2) is 133 Å². The quantitative estimate of drug-likeness (QED) is 0.0826. The summed E-state index contributed by atoms with van der Waals surface area (Å²) in [7, 11) is 0. The molecule has 4 N–H and O–H groups in total. The second-order valence-electron chi connectivity index (χ2n) is 13.5. The van der Waals surface area contributed by atoms with Crippen LogP contribution in [0.25, 0.3) is 43.1 Å². The minimum absolute atomic E-state index is 0.0550. The van der Waals surface area contributed by atoms with Gasteiger partial charge in [0.05, 0.1) is 0 Å². The molecule has 8 rings (SSSR count). The summed E-state index contributed by atoms with van der Waals surface area (Å²) >= 11 is 0. The fourth-order valence-corrected chi connectivity index (χ4v) is 8.01. The molecule has 8 aromatic carbocycles. The average molecular weight is 731 g/mol. The molecular weight excluding hydrogens is 689 g/mol. The Balaban J connectivity index is 1.52. The second kappa shape index (κ2) is 16.2. The van der Waals surface area contributed by atoms with E-state index >= 15 is 0 Å². The maximum Gasteiger partial charge on any atom is 0.178 e. The number of para-hydroxylation sites is 2. The lowest BCUT2D eigenvalue weighted by atomic mass is 9.88. The van der Waals surface area contributed by atoms with Crippen LogP contribution in [-0.4, -0.2) is 46.9 Å². The molecule has 0 radical (unpaired) electrons. The Hall–Kier alpha value is -5.96. The zero-order valence-corrected chi connectivity index (χ0v) is 30.4. The van der Waals surface area contributed by atoms with Gasteiger partial charge >= 0.3 is 0 Å². The van der Waals surface area contributed by atoms with Crippen molar-refractivity contribution in [3.63, 3.8) is 0 Å². The SMILES string of the molecule is OCCc1c2ccccc2c(CCO)c2c(Oc3c(Oc4ccccc4)ccc4c(CCO)c5ccccc5c(CCO)c34)c(Oc3ccccc3)ccc12. The van der Waals surface area contributed by atoms with Gasteiger partial charge in [-0.25, -0.2) is 0 Å². The van der Waals surface area contributed by atoms with Gasteiger partial charge in [-0.15, -0.1) is 0 Å². The van der Waals surface area contributed by atoms with Crippen LogP contribution in [0.2, 0.25) is 0 Å². The predicted octanol–water partition coefficient (Wildman–Crippen LogP) is 9.82. The molecule has 55 heavy (non-hydrogen) atoms. The van der Waals surface area contributed by atoms with Gasteiger partial charge in [-0.3, -0.25) is 0 Å². The van der Waals surface area contributed by atoms with Crippen LogP contribution in [0.5, 0.6) is 34.5 Å². The molecular formula is C48H42O7. The number of hydrogen-bond acceptors (Lipinski definition) is 7. The first-order valence-corrected chi connectivity index (χ1v) is 18.7. The van der Waals surface area contributed by atoms with Crippen LogP contribution in [0, 0.1) is 0 Å². The maximum atomic E-state index is 10.5. The van der Waals surface area contributed by atoms with Gasteiger partial charge in [0.1, 0.15) is 11.5 Å². The van der Waals surface area contributed by atoms with E-state index in [1.165, 1.54) is 0 Å². The molecule has 0 aromatic heterocycles. The summed E-state index contributed by atoms with van der Waals surface area (Å²) in [5.41, 5.74) is 3.69. The molecule has 0 amide bonds. The third-order valence-corrected chi connectivity index (χ3v) is 10.2. The van der Waals surface area contributed by atoms with Crippen molar-refractivity contribution in [3.05, 3.63) is 156 Å². The van der Waals surface area contributed by atoms with Gasteiger partial charge in [0.25, 0.3) is 0 Å². The van der Waals surface area contributed by atoms with E-state index in [-0.39, 0.29) is 26.4 Å².